The highest BCUT2D eigenvalue weighted by molar-refractivity contribution is 5.97. The number of nitrogens with one attached hydrogen (secondary N) is 2. The Balaban J connectivity index is 1.60. The monoisotopic (exact) mass is 390 g/mol. The van der Waals surface area contributed by atoms with Crippen LogP contribution in [0, 0.1) is 17.2 Å². The molecule has 148 valence electrons. The van der Waals surface area contributed by atoms with Crippen molar-refractivity contribution in [3.05, 3.63) is 65.7 Å². The van der Waals surface area contributed by atoms with Crippen LogP contribution in [0.15, 0.2) is 54.6 Å². The average molecular weight is 390 g/mol. The van der Waals surface area contributed by atoms with Gasteiger partial charge in [0.1, 0.15) is 6.42 Å². The van der Waals surface area contributed by atoms with Crippen LogP contribution < -0.4 is 10.6 Å². The van der Waals surface area contributed by atoms with Crippen LogP contribution in [0.25, 0.3) is 0 Å². The summed E-state index contributed by atoms with van der Waals surface area (Å²) in [7, 11) is 0. The van der Waals surface area contributed by atoms with Crippen molar-refractivity contribution in [1.29, 1.82) is 5.26 Å². The number of amides is 3. The Labute approximate surface area is 169 Å². The second-order valence-corrected chi connectivity index (χ2v) is 6.92. The molecule has 0 aromatic heterocycles. The molecule has 29 heavy (non-hydrogen) atoms. The second kappa shape index (κ2) is 9.51. The van der Waals surface area contributed by atoms with Gasteiger partial charge in [-0.1, -0.05) is 48.5 Å². The summed E-state index contributed by atoms with van der Waals surface area (Å²) < 4.78 is 0. The van der Waals surface area contributed by atoms with Gasteiger partial charge in [0, 0.05) is 31.7 Å². The van der Waals surface area contributed by atoms with Gasteiger partial charge in [0.2, 0.25) is 17.7 Å². The van der Waals surface area contributed by atoms with Crippen molar-refractivity contribution >= 4 is 23.4 Å². The van der Waals surface area contributed by atoms with E-state index < -0.39 is 5.92 Å². The van der Waals surface area contributed by atoms with Gasteiger partial charge < -0.3 is 15.5 Å². The highest BCUT2D eigenvalue weighted by Gasteiger charge is 2.34. The van der Waals surface area contributed by atoms with Gasteiger partial charge in [-0.15, -0.1) is 0 Å². The fourth-order valence-electron chi connectivity index (χ4n) is 3.26. The van der Waals surface area contributed by atoms with E-state index in [0.29, 0.717) is 18.8 Å². The third-order valence-corrected chi connectivity index (χ3v) is 4.79. The average Bonchev–Trinajstić information content (AvgIpc) is 3.09. The largest absolute Gasteiger partial charge is 0.351 e. The van der Waals surface area contributed by atoms with E-state index in [1.54, 1.807) is 29.2 Å². The standard InChI is InChI=1S/C22H22N4O3/c23-11-10-20(27)24-13-17-8-4-5-9-19(17)25-22(29)18-12-21(28)26(15-18)14-16-6-2-1-3-7-16/h1-9,18H,10,12-15H2,(H,24,27)(H,25,29). The van der Waals surface area contributed by atoms with Crippen LogP contribution in [0.5, 0.6) is 0 Å². The molecule has 0 saturated carbocycles. The third-order valence-electron chi connectivity index (χ3n) is 4.79. The number of benzene rings is 2. The maximum absolute atomic E-state index is 12.7. The zero-order valence-corrected chi connectivity index (χ0v) is 15.9. The lowest BCUT2D eigenvalue weighted by Gasteiger charge is -2.17. The molecule has 1 fully saturated rings. The molecule has 1 saturated heterocycles. The molecule has 2 aromatic carbocycles. The Hall–Kier alpha value is -3.66. The Morgan fingerprint density at radius 1 is 1.10 bits per heavy atom. The number of para-hydroxylation sites is 1. The SMILES string of the molecule is N#CCC(=O)NCc1ccccc1NC(=O)C1CC(=O)N(Cc2ccccc2)C1. The highest BCUT2D eigenvalue weighted by Crippen LogP contribution is 2.23. The number of carbonyl (C=O) groups is 3. The van der Waals surface area contributed by atoms with Crippen LogP contribution in [0.1, 0.15) is 24.0 Å². The van der Waals surface area contributed by atoms with Gasteiger partial charge in [-0.3, -0.25) is 14.4 Å². The van der Waals surface area contributed by atoms with Crippen LogP contribution in [0.3, 0.4) is 0 Å². The maximum Gasteiger partial charge on any atom is 0.234 e. The first kappa shape index (κ1) is 20.1. The number of rotatable bonds is 7. The number of hydrogen-bond donors (Lipinski definition) is 2. The number of hydrogen-bond acceptors (Lipinski definition) is 4. The van der Waals surface area contributed by atoms with Crippen molar-refractivity contribution in [2.45, 2.75) is 25.9 Å². The molecule has 2 N–H and O–H groups in total. The molecule has 1 aliphatic rings. The first-order valence-corrected chi connectivity index (χ1v) is 9.41. The van der Waals surface area contributed by atoms with E-state index in [1.807, 2.05) is 36.4 Å². The minimum Gasteiger partial charge on any atom is -0.351 e. The Morgan fingerprint density at radius 2 is 1.83 bits per heavy atom. The minimum absolute atomic E-state index is 0.0361. The molecule has 7 nitrogen and oxygen atoms in total. The summed E-state index contributed by atoms with van der Waals surface area (Å²) in [6, 6.07) is 18.6. The molecule has 1 aliphatic heterocycles. The molecular formula is C22H22N4O3. The number of carbonyl (C=O) groups excluding carboxylic acids is 3. The van der Waals surface area contributed by atoms with Gasteiger partial charge in [-0.25, -0.2) is 0 Å². The van der Waals surface area contributed by atoms with E-state index in [4.69, 9.17) is 5.26 Å². The van der Waals surface area contributed by atoms with Gasteiger partial charge in [-0.2, -0.15) is 5.26 Å². The molecule has 0 aliphatic carbocycles. The Morgan fingerprint density at radius 3 is 2.59 bits per heavy atom. The molecular weight excluding hydrogens is 368 g/mol. The van der Waals surface area contributed by atoms with E-state index >= 15 is 0 Å². The van der Waals surface area contributed by atoms with Gasteiger partial charge in [-0.05, 0) is 17.2 Å². The van der Waals surface area contributed by atoms with E-state index in [9.17, 15) is 14.4 Å². The predicted octanol–water partition coefficient (Wildman–Crippen LogP) is 2.20. The van der Waals surface area contributed by atoms with Crippen molar-refractivity contribution in [2.75, 3.05) is 11.9 Å². The third kappa shape index (κ3) is 5.42. The van der Waals surface area contributed by atoms with Crippen molar-refractivity contribution in [1.82, 2.24) is 10.2 Å². The van der Waals surface area contributed by atoms with Crippen molar-refractivity contribution in [3.63, 3.8) is 0 Å². The van der Waals surface area contributed by atoms with E-state index in [1.165, 1.54) is 0 Å². The van der Waals surface area contributed by atoms with E-state index in [2.05, 4.69) is 10.6 Å². The van der Waals surface area contributed by atoms with Crippen LogP contribution in [-0.2, 0) is 27.5 Å². The smallest absolute Gasteiger partial charge is 0.234 e. The molecule has 0 bridgehead atoms. The fraction of sp³-hybridized carbons (Fsp3) is 0.273. The molecule has 0 spiro atoms. The van der Waals surface area contributed by atoms with Crippen LogP contribution >= 0.6 is 0 Å². The molecule has 2 aromatic rings. The van der Waals surface area contributed by atoms with Crippen LogP contribution in [-0.4, -0.2) is 29.2 Å². The summed E-state index contributed by atoms with van der Waals surface area (Å²) in [6.45, 7) is 1.08. The molecule has 0 radical (unpaired) electrons. The topological polar surface area (TPSA) is 102 Å². The van der Waals surface area contributed by atoms with Crippen molar-refractivity contribution in [2.24, 2.45) is 5.92 Å². The second-order valence-electron chi connectivity index (χ2n) is 6.92. The van der Waals surface area contributed by atoms with Gasteiger partial charge in [0.05, 0.1) is 12.0 Å². The van der Waals surface area contributed by atoms with Gasteiger partial charge in [0.15, 0.2) is 0 Å². The van der Waals surface area contributed by atoms with Crippen LogP contribution in [0.4, 0.5) is 5.69 Å². The predicted molar refractivity (Wildman–Crippen MR) is 107 cm³/mol. The molecule has 7 heteroatoms. The summed E-state index contributed by atoms with van der Waals surface area (Å²) in [5, 5.41) is 14.1. The van der Waals surface area contributed by atoms with Gasteiger partial charge in [0.25, 0.3) is 0 Å². The zero-order valence-electron chi connectivity index (χ0n) is 15.9. The summed E-state index contributed by atoms with van der Waals surface area (Å²) in [6.07, 6.45) is -0.0320. The number of anilines is 1. The highest BCUT2D eigenvalue weighted by atomic mass is 16.2. The Bertz CT molecular complexity index is 937. The summed E-state index contributed by atoms with van der Waals surface area (Å²) >= 11 is 0. The number of nitrogens with zero attached hydrogens (tertiary/aromatic N) is 2. The van der Waals surface area contributed by atoms with Crippen molar-refractivity contribution < 1.29 is 14.4 Å². The lowest BCUT2D eigenvalue weighted by atomic mass is 10.1. The number of likely N-dealkylation sites (tertiary alicyclic amines) is 1. The van der Waals surface area contributed by atoms with E-state index in [0.717, 1.165) is 11.1 Å². The van der Waals surface area contributed by atoms with Gasteiger partial charge >= 0.3 is 0 Å². The maximum atomic E-state index is 12.7. The van der Waals surface area contributed by atoms with Crippen LogP contribution in [0.2, 0.25) is 0 Å². The van der Waals surface area contributed by atoms with E-state index in [-0.39, 0.29) is 37.1 Å². The first-order chi connectivity index (χ1) is 14.1. The lowest BCUT2D eigenvalue weighted by molar-refractivity contribution is -0.128. The first-order valence-electron chi connectivity index (χ1n) is 9.41. The summed E-state index contributed by atoms with van der Waals surface area (Å²) in [4.78, 5) is 38.3. The molecule has 1 heterocycles. The summed E-state index contributed by atoms with van der Waals surface area (Å²) in [5.41, 5.74) is 2.35. The van der Waals surface area contributed by atoms with Crippen molar-refractivity contribution in [3.8, 4) is 6.07 Å². The summed E-state index contributed by atoms with van der Waals surface area (Å²) in [5.74, 6) is -1.05. The molecule has 1 unspecified atom stereocenters. The minimum atomic E-state index is -0.424. The zero-order chi connectivity index (χ0) is 20.6. The normalized spacial score (nSPS) is 15.6. The lowest BCUT2D eigenvalue weighted by Crippen LogP contribution is -2.28. The fourth-order valence-corrected chi connectivity index (χ4v) is 3.26. The number of nitriles is 1. The molecule has 1 atom stereocenters. The molecule has 3 amide bonds. The molecule has 3 rings (SSSR count). The Kier molecular flexibility index (Phi) is 6.59. The quantitative estimate of drug-likeness (QED) is 0.757.